The van der Waals surface area contributed by atoms with Gasteiger partial charge in [-0.3, -0.25) is 5.10 Å². The molecule has 0 aliphatic carbocycles. The van der Waals surface area contributed by atoms with Crippen molar-refractivity contribution in [3.8, 4) is 17.2 Å². The summed E-state index contributed by atoms with van der Waals surface area (Å²) in [5.41, 5.74) is 4.41. The van der Waals surface area contributed by atoms with Crippen LogP contribution in [0.4, 0.5) is 48.1 Å². The van der Waals surface area contributed by atoms with Crippen molar-refractivity contribution in [1.29, 1.82) is 0 Å². The van der Waals surface area contributed by atoms with E-state index in [4.69, 9.17) is 19.4 Å². The Kier molecular flexibility index (Phi) is 16.2. The van der Waals surface area contributed by atoms with E-state index in [0.717, 1.165) is 55.2 Å². The fraction of sp³-hybridized carbons (Fsp3) is 0.206. The molecule has 0 fully saturated rings. The van der Waals surface area contributed by atoms with Crippen molar-refractivity contribution in [2.24, 2.45) is 0 Å². The van der Waals surface area contributed by atoms with Crippen LogP contribution < -0.4 is 30.7 Å². The van der Waals surface area contributed by atoms with Crippen LogP contribution in [-0.2, 0) is 4.79 Å². The summed E-state index contributed by atoms with van der Waals surface area (Å²) < 4.78 is 45.1. The number of carboxylic acids is 1. The largest absolute Gasteiger partial charge is 0.496 e. The molecule has 2 aromatic carbocycles. The summed E-state index contributed by atoms with van der Waals surface area (Å²) in [5, 5.41) is 30.0. The molecule has 6 rings (SSSR count). The monoisotopic (exact) mass is 862 g/mol. The standard InChI is InChI=1S/C16H18N6O.C13H15IN4O.C3H4N2.C2HF3O2/c1-11-9-15(17-2)21-16(19-11)20-12-5-6-14(23-3)13(10-12)22-8-4-7-18-22;1-8-6-12(15-2)18-13(16-8)17-9-4-5-11(19-3)10(14)7-9;1-2-4-5-3-1;3-2(4,5)1(6)7/h4-10H,1-3H3,(H2,17,19,20,21);4-7H,1-3H3,(H2,15,16,17,18);1-3H,(H,4,5);(H,6,7). The number of aromatic amines is 1. The summed E-state index contributed by atoms with van der Waals surface area (Å²) in [6, 6.07) is 19.1. The number of alkyl halides is 3. The van der Waals surface area contributed by atoms with Crippen molar-refractivity contribution in [3.05, 3.63) is 100 Å². The van der Waals surface area contributed by atoms with Crippen LogP contribution in [0.25, 0.3) is 5.69 Å². The molecule has 54 heavy (non-hydrogen) atoms. The Morgan fingerprint density at radius 1 is 0.815 bits per heavy atom. The van der Waals surface area contributed by atoms with Gasteiger partial charge >= 0.3 is 12.1 Å². The average Bonchev–Trinajstić information content (AvgIpc) is 3.90. The Hall–Kier alpha value is -6.19. The number of hydrogen-bond acceptors (Lipinski definition) is 13. The van der Waals surface area contributed by atoms with Gasteiger partial charge in [0.15, 0.2) is 0 Å². The number of carboxylic acid groups (broad SMARTS) is 1. The first kappa shape index (κ1) is 42.2. The van der Waals surface area contributed by atoms with Crippen molar-refractivity contribution < 1.29 is 32.5 Å². The van der Waals surface area contributed by atoms with Crippen molar-refractivity contribution in [2.45, 2.75) is 20.0 Å². The highest BCUT2D eigenvalue weighted by molar-refractivity contribution is 14.1. The van der Waals surface area contributed by atoms with E-state index in [1.165, 1.54) is 0 Å². The van der Waals surface area contributed by atoms with E-state index in [0.29, 0.717) is 11.9 Å². The molecule has 0 bridgehead atoms. The Bertz CT molecular complexity index is 2030. The number of rotatable bonds is 9. The molecule has 0 saturated carbocycles. The summed E-state index contributed by atoms with van der Waals surface area (Å²) in [6.45, 7) is 3.86. The molecule has 0 spiro atoms. The molecule has 6 N–H and O–H groups in total. The number of nitrogens with one attached hydrogen (secondary N) is 5. The molecule has 0 saturated heterocycles. The lowest BCUT2D eigenvalue weighted by molar-refractivity contribution is -0.192. The van der Waals surface area contributed by atoms with Crippen LogP contribution in [-0.4, -0.2) is 85.5 Å². The number of anilines is 6. The normalized spacial score (nSPS) is 10.2. The third-order valence-electron chi connectivity index (χ3n) is 6.46. The van der Waals surface area contributed by atoms with Crippen molar-refractivity contribution in [2.75, 3.05) is 49.6 Å². The molecular weight excluding hydrogens is 824 g/mol. The van der Waals surface area contributed by atoms with Crippen LogP contribution in [0.15, 0.2) is 85.5 Å². The zero-order valence-corrected chi connectivity index (χ0v) is 32.1. The number of methoxy groups -OCH3 is 2. The number of H-pyrrole nitrogens is 1. The Balaban J connectivity index is 0.000000225. The third-order valence-corrected chi connectivity index (χ3v) is 7.31. The molecule has 0 amide bonds. The van der Waals surface area contributed by atoms with Crippen molar-refractivity contribution in [1.82, 2.24) is 39.9 Å². The molecule has 0 radical (unpaired) electrons. The lowest BCUT2D eigenvalue weighted by Crippen LogP contribution is -2.21. The number of hydrogen-bond donors (Lipinski definition) is 6. The summed E-state index contributed by atoms with van der Waals surface area (Å²) in [7, 11) is 6.96. The quantitative estimate of drug-likeness (QED) is 0.0812. The lowest BCUT2D eigenvalue weighted by Gasteiger charge is -2.12. The molecule has 0 unspecified atom stereocenters. The van der Waals surface area contributed by atoms with Gasteiger partial charge in [0.25, 0.3) is 0 Å². The summed E-state index contributed by atoms with van der Waals surface area (Å²) in [4.78, 5) is 26.4. The minimum absolute atomic E-state index is 0.533. The SMILES string of the molecule is CNc1cc(C)nc(Nc2ccc(OC)c(-n3cccn3)c2)n1.CNc1cc(C)nc(Nc2ccc(OC)c(I)c2)n1.O=C(O)C(F)(F)F.c1cn[nH]c1. The predicted molar refractivity (Wildman–Crippen MR) is 207 cm³/mol. The first-order chi connectivity index (χ1) is 25.8. The van der Waals surface area contributed by atoms with Crippen LogP contribution in [0.1, 0.15) is 11.4 Å². The second-order valence-corrected chi connectivity index (χ2v) is 11.6. The number of aryl methyl sites for hydroxylation is 2. The van der Waals surface area contributed by atoms with Crippen LogP contribution in [0, 0.1) is 17.4 Å². The van der Waals surface area contributed by atoms with Gasteiger partial charge in [0.1, 0.15) is 28.8 Å². The maximum absolute atomic E-state index is 10.6. The lowest BCUT2D eigenvalue weighted by atomic mass is 10.2. The zero-order chi connectivity index (χ0) is 39.7. The smallest absolute Gasteiger partial charge is 0.490 e. The van der Waals surface area contributed by atoms with Gasteiger partial charge in [0.05, 0.1) is 17.8 Å². The maximum Gasteiger partial charge on any atom is 0.490 e. The second-order valence-electron chi connectivity index (χ2n) is 10.4. The highest BCUT2D eigenvalue weighted by Gasteiger charge is 2.38. The van der Waals surface area contributed by atoms with Crippen molar-refractivity contribution in [3.63, 3.8) is 0 Å². The van der Waals surface area contributed by atoms with E-state index in [2.05, 4.69) is 79.1 Å². The van der Waals surface area contributed by atoms with Crippen LogP contribution in [0.2, 0.25) is 0 Å². The summed E-state index contributed by atoms with van der Waals surface area (Å²) in [6.07, 6.45) is 1.96. The summed E-state index contributed by atoms with van der Waals surface area (Å²) >= 11 is 2.23. The van der Waals surface area contributed by atoms with Gasteiger partial charge in [-0.1, -0.05) is 0 Å². The first-order valence-electron chi connectivity index (χ1n) is 15.6. The number of carbonyl (C=O) groups is 1. The zero-order valence-electron chi connectivity index (χ0n) is 29.9. The van der Waals surface area contributed by atoms with Crippen LogP contribution >= 0.6 is 22.6 Å². The van der Waals surface area contributed by atoms with Gasteiger partial charge in [0.2, 0.25) is 11.9 Å². The number of nitrogens with zero attached hydrogens (tertiary/aromatic N) is 7. The molecule has 20 heteroatoms. The summed E-state index contributed by atoms with van der Waals surface area (Å²) in [5.74, 6) is 1.50. The van der Waals surface area contributed by atoms with Gasteiger partial charge in [-0.2, -0.15) is 33.3 Å². The topological polar surface area (TPSA) is 202 Å². The van der Waals surface area contributed by atoms with Crippen LogP contribution in [0.5, 0.6) is 11.5 Å². The highest BCUT2D eigenvalue weighted by Crippen LogP contribution is 2.28. The molecule has 286 valence electrons. The van der Waals surface area contributed by atoms with Crippen molar-refractivity contribution >= 4 is 63.5 Å². The number of halogens is 4. The highest BCUT2D eigenvalue weighted by atomic mass is 127. The van der Waals surface area contributed by atoms with E-state index in [9.17, 15) is 13.2 Å². The van der Waals surface area contributed by atoms with E-state index in [1.807, 2.05) is 94.8 Å². The fourth-order valence-electron chi connectivity index (χ4n) is 4.08. The minimum Gasteiger partial charge on any atom is -0.496 e. The molecule has 6 aromatic rings. The molecule has 4 heterocycles. The van der Waals surface area contributed by atoms with Gasteiger partial charge < -0.3 is 35.8 Å². The van der Waals surface area contributed by atoms with Gasteiger partial charge in [-0.15, -0.1) is 0 Å². The number of aromatic nitrogens is 8. The Labute approximate surface area is 322 Å². The molecule has 0 aliphatic heterocycles. The molecule has 16 nitrogen and oxygen atoms in total. The van der Waals surface area contributed by atoms with Gasteiger partial charge in [-0.25, -0.2) is 19.4 Å². The second kappa shape index (κ2) is 20.7. The van der Waals surface area contributed by atoms with E-state index in [-0.39, 0.29) is 0 Å². The van der Waals surface area contributed by atoms with E-state index >= 15 is 0 Å². The Morgan fingerprint density at radius 3 is 1.74 bits per heavy atom. The van der Waals surface area contributed by atoms with Gasteiger partial charge in [0, 0.05) is 73.8 Å². The van der Waals surface area contributed by atoms with E-state index in [1.54, 1.807) is 37.5 Å². The number of ether oxygens (including phenoxy) is 2. The van der Waals surface area contributed by atoms with Gasteiger partial charge in [-0.05, 0) is 85.0 Å². The molecule has 4 aromatic heterocycles. The number of benzene rings is 2. The molecule has 0 atom stereocenters. The maximum atomic E-state index is 10.6. The molecular formula is C34H38F3IN12O4. The van der Waals surface area contributed by atoms with Crippen LogP contribution in [0.3, 0.4) is 0 Å². The predicted octanol–water partition coefficient (Wildman–Crippen LogP) is 6.99. The Morgan fingerprint density at radius 2 is 1.35 bits per heavy atom. The van der Waals surface area contributed by atoms with E-state index < -0.39 is 12.1 Å². The average molecular weight is 863 g/mol. The fourth-order valence-corrected chi connectivity index (χ4v) is 4.82. The first-order valence-corrected chi connectivity index (χ1v) is 16.7. The minimum atomic E-state index is -5.08. The number of aliphatic carboxylic acids is 1. The third kappa shape index (κ3) is 13.7. The molecule has 0 aliphatic rings.